The Balaban J connectivity index is 2.11. The smallest absolute Gasteiger partial charge is 0.00778 e. The Kier molecular flexibility index (Phi) is 4.35. The lowest BCUT2D eigenvalue weighted by atomic mass is 9.64. The number of nitrogens with one attached hydrogen (secondary N) is 1. The minimum Gasteiger partial charge on any atom is -0.316 e. The Morgan fingerprint density at radius 3 is 2.16 bits per heavy atom. The molecule has 0 spiro atoms. The van der Waals surface area contributed by atoms with E-state index in [-0.39, 0.29) is 5.41 Å². The average molecular weight is 259 g/mol. The summed E-state index contributed by atoms with van der Waals surface area (Å²) < 4.78 is 0. The van der Waals surface area contributed by atoms with E-state index < -0.39 is 0 Å². The highest BCUT2D eigenvalue weighted by atomic mass is 14.9. The topological polar surface area (TPSA) is 12.0 Å². The fourth-order valence-electron chi connectivity index (χ4n) is 3.00. The van der Waals surface area contributed by atoms with Gasteiger partial charge in [0.2, 0.25) is 0 Å². The second-order valence-corrected chi connectivity index (χ2v) is 7.14. The molecule has 106 valence electrons. The van der Waals surface area contributed by atoms with Crippen LogP contribution in [-0.4, -0.2) is 13.1 Å². The molecule has 1 aliphatic carbocycles. The first kappa shape index (κ1) is 14.6. The second kappa shape index (κ2) is 5.66. The van der Waals surface area contributed by atoms with Crippen LogP contribution < -0.4 is 5.32 Å². The van der Waals surface area contributed by atoms with E-state index in [4.69, 9.17) is 0 Å². The van der Waals surface area contributed by atoms with Gasteiger partial charge in [-0.25, -0.2) is 0 Å². The zero-order chi connectivity index (χ0) is 13.9. The molecule has 0 aliphatic heterocycles. The van der Waals surface area contributed by atoms with Gasteiger partial charge in [0.25, 0.3) is 0 Å². The summed E-state index contributed by atoms with van der Waals surface area (Å²) >= 11 is 0. The van der Waals surface area contributed by atoms with Gasteiger partial charge in [0.05, 0.1) is 0 Å². The third kappa shape index (κ3) is 3.20. The van der Waals surface area contributed by atoms with E-state index in [9.17, 15) is 0 Å². The van der Waals surface area contributed by atoms with Crippen LogP contribution in [0.5, 0.6) is 0 Å². The van der Waals surface area contributed by atoms with Crippen molar-refractivity contribution in [3.63, 3.8) is 0 Å². The maximum absolute atomic E-state index is 3.62. The van der Waals surface area contributed by atoms with Crippen molar-refractivity contribution in [2.24, 2.45) is 0 Å². The predicted molar refractivity (Wildman–Crippen MR) is 83.8 cm³/mol. The lowest BCUT2D eigenvalue weighted by molar-refractivity contribution is 0.234. The van der Waals surface area contributed by atoms with Crippen molar-refractivity contribution in [1.29, 1.82) is 0 Å². The largest absolute Gasteiger partial charge is 0.316 e. The minimum atomic E-state index is 0.256. The van der Waals surface area contributed by atoms with Crippen LogP contribution in [0.1, 0.15) is 64.5 Å². The summed E-state index contributed by atoms with van der Waals surface area (Å²) in [4.78, 5) is 0. The van der Waals surface area contributed by atoms with Gasteiger partial charge in [0.15, 0.2) is 0 Å². The Hall–Kier alpha value is -0.820. The van der Waals surface area contributed by atoms with Gasteiger partial charge in [-0.05, 0) is 42.3 Å². The highest BCUT2D eigenvalue weighted by molar-refractivity contribution is 5.34. The summed E-state index contributed by atoms with van der Waals surface area (Å²) in [7, 11) is 0. The van der Waals surface area contributed by atoms with Crippen LogP contribution in [0.25, 0.3) is 0 Å². The molecule has 1 nitrogen and oxygen atoms in total. The summed E-state index contributed by atoms with van der Waals surface area (Å²) in [6.07, 6.45) is 5.30. The van der Waals surface area contributed by atoms with E-state index in [1.807, 2.05) is 0 Å². The molecule has 19 heavy (non-hydrogen) atoms. The van der Waals surface area contributed by atoms with Gasteiger partial charge in [-0.15, -0.1) is 0 Å². The molecule has 1 fully saturated rings. The molecule has 0 bridgehead atoms. The molecule has 0 amide bonds. The molecule has 0 aromatic heterocycles. The van der Waals surface area contributed by atoms with Crippen molar-refractivity contribution >= 4 is 0 Å². The zero-order valence-corrected chi connectivity index (χ0v) is 13.1. The van der Waals surface area contributed by atoms with Gasteiger partial charge in [-0.3, -0.25) is 0 Å². The average Bonchev–Trinajstić information content (AvgIpc) is 2.32. The van der Waals surface area contributed by atoms with Gasteiger partial charge >= 0.3 is 0 Å². The maximum Gasteiger partial charge on any atom is 0.00778 e. The van der Waals surface area contributed by atoms with Crippen LogP contribution in [0.2, 0.25) is 0 Å². The third-order valence-corrected chi connectivity index (χ3v) is 4.56. The van der Waals surface area contributed by atoms with Crippen LogP contribution >= 0.6 is 0 Å². The minimum absolute atomic E-state index is 0.256. The Morgan fingerprint density at radius 1 is 1.11 bits per heavy atom. The van der Waals surface area contributed by atoms with Crippen molar-refractivity contribution in [1.82, 2.24) is 5.32 Å². The molecule has 1 aromatic rings. The molecule has 2 rings (SSSR count). The summed E-state index contributed by atoms with van der Waals surface area (Å²) in [6, 6.07) is 9.39. The van der Waals surface area contributed by atoms with Crippen molar-refractivity contribution in [3.05, 3.63) is 35.4 Å². The standard InChI is InChI=1S/C18H29N/c1-5-13-19-14-18(11-6-12-18)16-9-7-15(8-10-16)17(2,3)4/h7-10,19H,5-6,11-14H2,1-4H3. The SMILES string of the molecule is CCCNCC1(c2ccc(C(C)(C)C)cc2)CCC1. The molecule has 1 heteroatoms. The lowest BCUT2D eigenvalue weighted by Crippen LogP contribution is -2.44. The fourth-order valence-corrected chi connectivity index (χ4v) is 3.00. The highest BCUT2D eigenvalue weighted by Gasteiger charge is 2.38. The van der Waals surface area contributed by atoms with Crippen molar-refractivity contribution in [2.45, 2.75) is 64.2 Å². The van der Waals surface area contributed by atoms with E-state index in [1.165, 1.54) is 36.8 Å². The van der Waals surface area contributed by atoms with E-state index in [1.54, 1.807) is 0 Å². The first-order valence-corrected chi connectivity index (χ1v) is 7.80. The Labute approximate surface area is 118 Å². The van der Waals surface area contributed by atoms with Gasteiger partial charge in [0.1, 0.15) is 0 Å². The van der Waals surface area contributed by atoms with Crippen LogP contribution in [0.3, 0.4) is 0 Å². The molecule has 1 N–H and O–H groups in total. The Morgan fingerprint density at radius 2 is 1.74 bits per heavy atom. The number of benzene rings is 1. The van der Waals surface area contributed by atoms with Gasteiger partial charge in [-0.1, -0.05) is 58.4 Å². The first-order valence-electron chi connectivity index (χ1n) is 7.80. The van der Waals surface area contributed by atoms with Gasteiger partial charge in [-0.2, -0.15) is 0 Å². The number of hydrogen-bond acceptors (Lipinski definition) is 1. The van der Waals surface area contributed by atoms with Crippen LogP contribution in [0.4, 0.5) is 0 Å². The predicted octanol–water partition coefficient (Wildman–Crippen LogP) is 4.41. The van der Waals surface area contributed by atoms with E-state index >= 15 is 0 Å². The molecule has 1 aliphatic rings. The zero-order valence-electron chi connectivity index (χ0n) is 13.1. The molecule has 1 saturated carbocycles. The van der Waals surface area contributed by atoms with Gasteiger partial charge < -0.3 is 5.32 Å². The first-order chi connectivity index (χ1) is 8.98. The Bertz CT molecular complexity index is 393. The lowest BCUT2D eigenvalue weighted by Gasteiger charge is -2.43. The highest BCUT2D eigenvalue weighted by Crippen LogP contribution is 2.43. The van der Waals surface area contributed by atoms with Crippen LogP contribution in [-0.2, 0) is 10.8 Å². The molecule has 0 radical (unpaired) electrons. The molecule has 1 aromatic carbocycles. The van der Waals surface area contributed by atoms with Crippen molar-refractivity contribution in [2.75, 3.05) is 13.1 Å². The monoisotopic (exact) mass is 259 g/mol. The maximum atomic E-state index is 3.62. The molecule has 0 saturated heterocycles. The van der Waals surface area contributed by atoms with Crippen molar-refractivity contribution < 1.29 is 0 Å². The summed E-state index contributed by atoms with van der Waals surface area (Å²) in [6.45, 7) is 11.4. The van der Waals surface area contributed by atoms with E-state index in [0.29, 0.717) is 5.41 Å². The van der Waals surface area contributed by atoms with Crippen LogP contribution in [0.15, 0.2) is 24.3 Å². The summed E-state index contributed by atoms with van der Waals surface area (Å²) in [5.41, 5.74) is 3.65. The van der Waals surface area contributed by atoms with E-state index in [2.05, 4.69) is 57.3 Å². The molecule has 0 atom stereocenters. The molecular weight excluding hydrogens is 230 g/mol. The summed E-state index contributed by atoms with van der Waals surface area (Å²) in [5.74, 6) is 0. The van der Waals surface area contributed by atoms with Crippen molar-refractivity contribution in [3.8, 4) is 0 Å². The quantitative estimate of drug-likeness (QED) is 0.773. The molecular formula is C18H29N. The van der Waals surface area contributed by atoms with E-state index in [0.717, 1.165) is 13.1 Å². The fraction of sp³-hybridized carbons (Fsp3) is 0.667. The molecule has 0 heterocycles. The normalized spacial score (nSPS) is 18.1. The number of rotatable bonds is 5. The van der Waals surface area contributed by atoms with Crippen LogP contribution in [0, 0.1) is 0 Å². The summed E-state index contributed by atoms with van der Waals surface area (Å²) in [5, 5.41) is 3.62. The van der Waals surface area contributed by atoms with Gasteiger partial charge in [0, 0.05) is 12.0 Å². The third-order valence-electron chi connectivity index (χ3n) is 4.56. The molecule has 0 unspecified atom stereocenters. The second-order valence-electron chi connectivity index (χ2n) is 7.14. The number of hydrogen-bond donors (Lipinski definition) is 1.